The molecule has 0 radical (unpaired) electrons. The summed E-state index contributed by atoms with van der Waals surface area (Å²) >= 11 is 0. The highest BCUT2D eigenvalue weighted by molar-refractivity contribution is 5.27. The van der Waals surface area contributed by atoms with Crippen molar-refractivity contribution in [1.82, 2.24) is 10.3 Å². The maximum absolute atomic E-state index is 5.75. The minimum absolute atomic E-state index is 0.190. The van der Waals surface area contributed by atoms with Gasteiger partial charge in [-0.3, -0.25) is 4.98 Å². The van der Waals surface area contributed by atoms with Crippen LogP contribution in [-0.4, -0.2) is 18.1 Å². The Morgan fingerprint density at radius 2 is 2.11 bits per heavy atom. The van der Waals surface area contributed by atoms with Crippen molar-refractivity contribution >= 4 is 0 Å². The normalized spacial score (nSPS) is 24.7. The van der Waals surface area contributed by atoms with Crippen molar-refractivity contribution < 1.29 is 4.74 Å². The number of nitrogens with zero attached hydrogens (tertiary/aromatic N) is 1. The molecule has 1 aromatic heterocycles. The van der Waals surface area contributed by atoms with E-state index in [-0.39, 0.29) is 6.10 Å². The fourth-order valence-corrected chi connectivity index (χ4v) is 3.24. The van der Waals surface area contributed by atoms with Crippen molar-refractivity contribution in [3.8, 4) is 5.75 Å². The molecule has 3 heteroatoms. The van der Waals surface area contributed by atoms with Gasteiger partial charge in [-0.25, -0.2) is 0 Å². The van der Waals surface area contributed by atoms with Crippen LogP contribution in [0.2, 0.25) is 0 Å². The molecule has 1 aliphatic rings. The van der Waals surface area contributed by atoms with Gasteiger partial charge in [0.2, 0.25) is 0 Å². The quantitative estimate of drug-likeness (QED) is 0.881. The molecule has 3 atom stereocenters. The average Bonchev–Trinajstić information content (AvgIpc) is 2.77. The molecule has 0 saturated heterocycles. The van der Waals surface area contributed by atoms with Crippen molar-refractivity contribution in [2.45, 2.75) is 52.2 Å². The highest BCUT2D eigenvalue weighted by atomic mass is 16.5. The Bertz CT molecular complexity index is 405. The van der Waals surface area contributed by atoms with E-state index in [9.17, 15) is 0 Å². The average molecular weight is 262 g/mol. The summed E-state index contributed by atoms with van der Waals surface area (Å²) in [7, 11) is 2.05. The van der Waals surface area contributed by atoms with Crippen LogP contribution in [0.5, 0.6) is 5.75 Å². The third-order valence-corrected chi connectivity index (χ3v) is 4.13. The van der Waals surface area contributed by atoms with Gasteiger partial charge in [-0.1, -0.05) is 19.8 Å². The lowest BCUT2D eigenvalue weighted by molar-refractivity contribution is 0.240. The van der Waals surface area contributed by atoms with E-state index in [1.54, 1.807) is 6.20 Å². The Balaban J connectivity index is 2.18. The molecule has 1 aromatic rings. The van der Waals surface area contributed by atoms with E-state index in [2.05, 4.69) is 23.3 Å². The van der Waals surface area contributed by atoms with Gasteiger partial charge in [0, 0.05) is 12.2 Å². The molecule has 1 N–H and O–H groups in total. The number of ether oxygens (including phenoxy) is 1. The molecule has 0 aromatic carbocycles. The van der Waals surface area contributed by atoms with E-state index in [0.717, 1.165) is 11.7 Å². The van der Waals surface area contributed by atoms with Crippen LogP contribution in [0, 0.1) is 11.8 Å². The molecule has 3 nitrogen and oxygen atoms in total. The highest BCUT2D eigenvalue weighted by Gasteiger charge is 2.31. The van der Waals surface area contributed by atoms with E-state index in [0.29, 0.717) is 12.0 Å². The number of hydrogen-bond donors (Lipinski definition) is 1. The van der Waals surface area contributed by atoms with Gasteiger partial charge >= 0.3 is 0 Å². The summed E-state index contributed by atoms with van der Waals surface area (Å²) in [6, 6.07) is 2.53. The number of pyridine rings is 1. The van der Waals surface area contributed by atoms with Gasteiger partial charge in [0.1, 0.15) is 5.75 Å². The maximum atomic E-state index is 5.75. The van der Waals surface area contributed by atoms with Gasteiger partial charge in [-0.2, -0.15) is 0 Å². The Labute approximate surface area is 116 Å². The summed E-state index contributed by atoms with van der Waals surface area (Å²) in [5, 5.41) is 3.48. The van der Waals surface area contributed by atoms with Crippen molar-refractivity contribution in [1.29, 1.82) is 0 Å². The van der Waals surface area contributed by atoms with Gasteiger partial charge in [-0.15, -0.1) is 0 Å². The summed E-state index contributed by atoms with van der Waals surface area (Å²) in [5.74, 6) is 2.37. The van der Waals surface area contributed by atoms with E-state index < -0.39 is 0 Å². The summed E-state index contributed by atoms with van der Waals surface area (Å²) < 4.78 is 5.75. The first-order valence-corrected chi connectivity index (χ1v) is 7.40. The fraction of sp³-hybridized carbons (Fsp3) is 0.688. The fourth-order valence-electron chi connectivity index (χ4n) is 3.24. The Kier molecular flexibility index (Phi) is 4.81. The van der Waals surface area contributed by atoms with Gasteiger partial charge in [-0.05, 0) is 50.8 Å². The Morgan fingerprint density at radius 1 is 1.32 bits per heavy atom. The maximum Gasteiger partial charge on any atom is 0.138 e. The van der Waals surface area contributed by atoms with E-state index in [1.807, 2.05) is 27.1 Å². The summed E-state index contributed by atoms with van der Waals surface area (Å²) in [6.45, 7) is 6.45. The van der Waals surface area contributed by atoms with Crippen LogP contribution in [0.25, 0.3) is 0 Å². The number of hydrogen-bond acceptors (Lipinski definition) is 3. The SMILES string of the molecule is CNC(c1cncc(OC(C)C)c1)C1CCCC1C. The third kappa shape index (κ3) is 3.47. The minimum Gasteiger partial charge on any atom is -0.489 e. The molecular weight excluding hydrogens is 236 g/mol. The first kappa shape index (κ1) is 14.3. The van der Waals surface area contributed by atoms with Crippen LogP contribution in [0.3, 0.4) is 0 Å². The molecular formula is C16H26N2O. The zero-order valence-corrected chi connectivity index (χ0v) is 12.5. The molecule has 1 heterocycles. The second-order valence-electron chi connectivity index (χ2n) is 5.96. The molecule has 2 rings (SSSR count). The van der Waals surface area contributed by atoms with E-state index in [4.69, 9.17) is 4.74 Å². The van der Waals surface area contributed by atoms with Gasteiger partial charge in [0.05, 0.1) is 12.3 Å². The largest absolute Gasteiger partial charge is 0.489 e. The predicted octanol–water partition coefficient (Wildman–Crippen LogP) is 3.57. The zero-order valence-electron chi connectivity index (χ0n) is 12.5. The second kappa shape index (κ2) is 6.38. The molecule has 3 unspecified atom stereocenters. The van der Waals surface area contributed by atoms with Crippen LogP contribution < -0.4 is 10.1 Å². The summed E-state index contributed by atoms with van der Waals surface area (Å²) in [4.78, 5) is 4.34. The summed E-state index contributed by atoms with van der Waals surface area (Å²) in [5.41, 5.74) is 1.25. The monoisotopic (exact) mass is 262 g/mol. The van der Waals surface area contributed by atoms with E-state index >= 15 is 0 Å². The molecule has 106 valence electrons. The lowest BCUT2D eigenvalue weighted by atomic mass is 9.86. The highest BCUT2D eigenvalue weighted by Crippen LogP contribution is 2.40. The number of rotatable bonds is 5. The van der Waals surface area contributed by atoms with Crippen molar-refractivity contribution in [3.05, 3.63) is 24.0 Å². The molecule has 0 aliphatic heterocycles. The Hall–Kier alpha value is -1.09. The molecule has 1 saturated carbocycles. The van der Waals surface area contributed by atoms with Crippen LogP contribution >= 0.6 is 0 Å². The van der Waals surface area contributed by atoms with Crippen LogP contribution in [0.15, 0.2) is 18.5 Å². The third-order valence-electron chi connectivity index (χ3n) is 4.13. The summed E-state index contributed by atoms with van der Waals surface area (Å²) in [6.07, 6.45) is 7.96. The number of nitrogens with one attached hydrogen (secondary N) is 1. The van der Waals surface area contributed by atoms with Crippen molar-refractivity contribution in [2.75, 3.05) is 7.05 Å². The molecule has 0 spiro atoms. The molecule has 0 bridgehead atoms. The number of aromatic nitrogens is 1. The molecule has 19 heavy (non-hydrogen) atoms. The minimum atomic E-state index is 0.190. The van der Waals surface area contributed by atoms with E-state index in [1.165, 1.54) is 24.8 Å². The van der Waals surface area contributed by atoms with Crippen molar-refractivity contribution in [2.24, 2.45) is 11.8 Å². The van der Waals surface area contributed by atoms with Crippen LogP contribution in [0.4, 0.5) is 0 Å². The lowest BCUT2D eigenvalue weighted by Crippen LogP contribution is -2.27. The van der Waals surface area contributed by atoms with Gasteiger partial charge in [0.25, 0.3) is 0 Å². The lowest BCUT2D eigenvalue weighted by Gasteiger charge is -2.27. The van der Waals surface area contributed by atoms with Gasteiger partial charge in [0.15, 0.2) is 0 Å². The smallest absolute Gasteiger partial charge is 0.138 e. The molecule has 1 aliphatic carbocycles. The van der Waals surface area contributed by atoms with Gasteiger partial charge < -0.3 is 10.1 Å². The Morgan fingerprint density at radius 3 is 2.68 bits per heavy atom. The molecule has 1 fully saturated rings. The predicted molar refractivity (Wildman–Crippen MR) is 78.3 cm³/mol. The van der Waals surface area contributed by atoms with Crippen LogP contribution in [-0.2, 0) is 0 Å². The van der Waals surface area contributed by atoms with Crippen LogP contribution in [0.1, 0.15) is 51.6 Å². The standard InChI is InChI=1S/C16H26N2O/c1-11(2)19-14-8-13(9-18-10-14)16(17-4)15-7-5-6-12(15)3/h8-12,15-17H,5-7H2,1-4H3. The first-order chi connectivity index (χ1) is 9.11. The topological polar surface area (TPSA) is 34.2 Å². The molecule has 0 amide bonds. The second-order valence-corrected chi connectivity index (χ2v) is 5.96. The van der Waals surface area contributed by atoms with Crippen molar-refractivity contribution in [3.63, 3.8) is 0 Å². The first-order valence-electron chi connectivity index (χ1n) is 7.40. The zero-order chi connectivity index (χ0) is 13.8.